The fourth-order valence-corrected chi connectivity index (χ4v) is 2.48. The van der Waals surface area contributed by atoms with Gasteiger partial charge in [-0.25, -0.2) is 4.39 Å². The van der Waals surface area contributed by atoms with Gasteiger partial charge in [0, 0.05) is 17.0 Å². The molecule has 2 aromatic carbocycles. The van der Waals surface area contributed by atoms with Gasteiger partial charge in [0.1, 0.15) is 11.5 Å². The van der Waals surface area contributed by atoms with Crippen molar-refractivity contribution < 1.29 is 8.81 Å². The van der Waals surface area contributed by atoms with Crippen molar-refractivity contribution in [2.24, 2.45) is 0 Å². The van der Waals surface area contributed by atoms with Crippen LogP contribution < -0.4 is 0 Å². The van der Waals surface area contributed by atoms with Crippen LogP contribution in [0.2, 0.25) is 5.02 Å². The predicted octanol–water partition coefficient (Wildman–Crippen LogP) is 5.97. The maximum Gasteiger partial charge on any atom is 0.172 e. The molecular formula is C18H14ClFO. The number of furan rings is 1. The topological polar surface area (TPSA) is 13.1 Å². The van der Waals surface area contributed by atoms with Crippen molar-refractivity contribution in [2.45, 2.75) is 13.3 Å². The molecule has 0 spiro atoms. The van der Waals surface area contributed by atoms with E-state index in [1.807, 2.05) is 49.4 Å². The summed E-state index contributed by atoms with van der Waals surface area (Å²) < 4.78 is 20.4. The maximum absolute atomic E-state index is 14.6. The predicted molar refractivity (Wildman–Crippen MR) is 83.9 cm³/mol. The molecule has 21 heavy (non-hydrogen) atoms. The molecule has 106 valence electrons. The minimum absolute atomic E-state index is 0.293. The zero-order chi connectivity index (χ0) is 14.8. The van der Waals surface area contributed by atoms with Crippen LogP contribution in [0.25, 0.3) is 22.5 Å². The average Bonchev–Trinajstić information content (AvgIpc) is 2.86. The molecule has 1 nitrogen and oxygen atoms in total. The second-order valence-corrected chi connectivity index (χ2v) is 5.21. The van der Waals surface area contributed by atoms with Crippen molar-refractivity contribution >= 4 is 11.6 Å². The van der Waals surface area contributed by atoms with Crippen LogP contribution in [0.15, 0.2) is 59.0 Å². The molecule has 0 saturated heterocycles. The Morgan fingerprint density at radius 2 is 1.62 bits per heavy atom. The Bertz CT molecular complexity index is 745. The molecular weight excluding hydrogens is 287 g/mol. The summed E-state index contributed by atoms with van der Waals surface area (Å²) in [5.74, 6) is 0.643. The molecule has 0 saturated carbocycles. The number of halogens is 2. The van der Waals surface area contributed by atoms with Gasteiger partial charge in [-0.15, -0.1) is 0 Å². The standard InChI is InChI=1S/C18H14ClFO/c1-2-15-17(20)16(12-8-10-14(19)11-9-12)18(21-15)13-6-4-3-5-7-13/h3-11H,2H2,1H3. The molecule has 0 aliphatic rings. The summed E-state index contributed by atoms with van der Waals surface area (Å²) in [4.78, 5) is 0. The molecule has 3 aromatic rings. The van der Waals surface area contributed by atoms with E-state index in [2.05, 4.69) is 0 Å². The highest BCUT2D eigenvalue weighted by Crippen LogP contribution is 2.38. The van der Waals surface area contributed by atoms with Gasteiger partial charge in [0.05, 0.1) is 5.56 Å². The monoisotopic (exact) mass is 300 g/mol. The highest BCUT2D eigenvalue weighted by molar-refractivity contribution is 6.30. The third-order valence-electron chi connectivity index (χ3n) is 3.41. The molecule has 0 aliphatic carbocycles. The molecule has 0 unspecified atom stereocenters. The molecule has 3 heteroatoms. The Labute approximate surface area is 128 Å². The zero-order valence-corrected chi connectivity index (χ0v) is 12.3. The summed E-state index contributed by atoms with van der Waals surface area (Å²) >= 11 is 5.91. The second kappa shape index (κ2) is 5.74. The highest BCUT2D eigenvalue weighted by atomic mass is 35.5. The molecule has 1 aromatic heterocycles. The SMILES string of the molecule is CCc1oc(-c2ccccc2)c(-c2ccc(Cl)cc2)c1F. The highest BCUT2D eigenvalue weighted by Gasteiger charge is 2.21. The normalized spacial score (nSPS) is 10.8. The van der Waals surface area contributed by atoms with Crippen molar-refractivity contribution in [1.29, 1.82) is 0 Å². The van der Waals surface area contributed by atoms with E-state index in [1.54, 1.807) is 12.1 Å². The number of rotatable bonds is 3. The van der Waals surface area contributed by atoms with Crippen molar-refractivity contribution in [3.8, 4) is 22.5 Å². The lowest BCUT2D eigenvalue weighted by atomic mass is 10.0. The summed E-state index contributed by atoms with van der Waals surface area (Å²) in [6, 6.07) is 16.7. The average molecular weight is 301 g/mol. The van der Waals surface area contributed by atoms with Crippen LogP contribution in [0.5, 0.6) is 0 Å². The van der Waals surface area contributed by atoms with Crippen molar-refractivity contribution in [1.82, 2.24) is 0 Å². The quantitative estimate of drug-likeness (QED) is 0.581. The summed E-state index contributed by atoms with van der Waals surface area (Å²) in [5, 5.41) is 0.625. The van der Waals surface area contributed by atoms with Crippen LogP contribution in [-0.2, 0) is 6.42 Å². The lowest BCUT2D eigenvalue weighted by Crippen LogP contribution is -1.85. The molecule has 0 atom stereocenters. The van der Waals surface area contributed by atoms with E-state index in [-0.39, 0.29) is 5.82 Å². The van der Waals surface area contributed by atoms with Crippen LogP contribution in [0, 0.1) is 5.82 Å². The Morgan fingerprint density at radius 3 is 2.24 bits per heavy atom. The van der Waals surface area contributed by atoms with Gasteiger partial charge in [-0.3, -0.25) is 0 Å². The second-order valence-electron chi connectivity index (χ2n) is 4.77. The first kappa shape index (κ1) is 13.9. The number of benzene rings is 2. The summed E-state index contributed by atoms with van der Waals surface area (Å²) in [5.41, 5.74) is 2.12. The number of hydrogen-bond acceptors (Lipinski definition) is 1. The largest absolute Gasteiger partial charge is 0.457 e. The van der Waals surface area contributed by atoms with Gasteiger partial charge in [-0.05, 0) is 17.7 Å². The van der Waals surface area contributed by atoms with E-state index in [0.717, 1.165) is 11.1 Å². The van der Waals surface area contributed by atoms with Gasteiger partial charge in [0.25, 0.3) is 0 Å². The van der Waals surface area contributed by atoms with Crippen LogP contribution >= 0.6 is 11.6 Å². The Hall–Kier alpha value is -2.06. The van der Waals surface area contributed by atoms with Crippen LogP contribution in [0.3, 0.4) is 0 Å². The first-order chi connectivity index (χ1) is 10.2. The molecule has 0 radical (unpaired) electrons. The van der Waals surface area contributed by atoms with E-state index in [0.29, 0.717) is 28.5 Å². The minimum atomic E-state index is -0.293. The molecule has 0 fully saturated rings. The van der Waals surface area contributed by atoms with E-state index in [4.69, 9.17) is 16.0 Å². The van der Waals surface area contributed by atoms with E-state index in [9.17, 15) is 4.39 Å². The van der Waals surface area contributed by atoms with Crippen LogP contribution in [-0.4, -0.2) is 0 Å². The fraction of sp³-hybridized carbons (Fsp3) is 0.111. The summed E-state index contributed by atoms with van der Waals surface area (Å²) in [6.07, 6.45) is 0.513. The van der Waals surface area contributed by atoms with Gasteiger partial charge in [0.2, 0.25) is 0 Å². The van der Waals surface area contributed by atoms with Gasteiger partial charge < -0.3 is 4.42 Å². The van der Waals surface area contributed by atoms with Crippen molar-refractivity contribution in [3.05, 3.63) is 71.2 Å². The molecule has 0 amide bonds. The van der Waals surface area contributed by atoms with Crippen molar-refractivity contribution in [2.75, 3.05) is 0 Å². The molecule has 0 N–H and O–H groups in total. The zero-order valence-electron chi connectivity index (χ0n) is 11.6. The van der Waals surface area contributed by atoms with E-state index < -0.39 is 0 Å². The Balaban J connectivity index is 2.23. The smallest absolute Gasteiger partial charge is 0.172 e. The first-order valence-corrected chi connectivity index (χ1v) is 7.21. The maximum atomic E-state index is 14.6. The molecule has 0 aliphatic heterocycles. The molecule has 1 heterocycles. The van der Waals surface area contributed by atoms with Crippen LogP contribution in [0.4, 0.5) is 4.39 Å². The number of aryl methyl sites for hydroxylation is 1. The number of hydrogen-bond donors (Lipinski definition) is 0. The summed E-state index contributed by atoms with van der Waals surface area (Å²) in [7, 11) is 0. The third-order valence-corrected chi connectivity index (χ3v) is 3.66. The molecule has 0 bridgehead atoms. The van der Waals surface area contributed by atoms with Gasteiger partial charge in [-0.1, -0.05) is 61.0 Å². The summed E-state index contributed by atoms with van der Waals surface area (Å²) in [6.45, 7) is 1.88. The third kappa shape index (κ3) is 2.59. The van der Waals surface area contributed by atoms with Crippen LogP contribution in [0.1, 0.15) is 12.7 Å². The van der Waals surface area contributed by atoms with Gasteiger partial charge in [0.15, 0.2) is 5.82 Å². The first-order valence-electron chi connectivity index (χ1n) is 6.83. The van der Waals surface area contributed by atoms with E-state index in [1.165, 1.54) is 0 Å². The lowest BCUT2D eigenvalue weighted by Gasteiger charge is -2.03. The Kier molecular flexibility index (Phi) is 3.80. The fourth-order valence-electron chi connectivity index (χ4n) is 2.35. The van der Waals surface area contributed by atoms with E-state index >= 15 is 0 Å². The van der Waals surface area contributed by atoms with Gasteiger partial charge >= 0.3 is 0 Å². The van der Waals surface area contributed by atoms with Crippen molar-refractivity contribution in [3.63, 3.8) is 0 Å². The minimum Gasteiger partial charge on any atom is -0.457 e. The van der Waals surface area contributed by atoms with Gasteiger partial charge in [-0.2, -0.15) is 0 Å². The molecule has 3 rings (SSSR count). The Morgan fingerprint density at radius 1 is 0.952 bits per heavy atom. The lowest BCUT2D eigenvalue weighted by molar-refractivity contribution is 0.488.